The van der Waals surface area contributed by atoms with Gasteiger partial charge in [0.05, 0.1) is 5.52 Å². The van der Waals surface area contributed by atoms with E-state index < -0.39 is 11.9 Å². The molecule has 0 amide bonds. The first kappa shape index (κ1) is 18.9. The number of alkyl halides is 3. The predicted molar refractivity (Wildman–Crippen MR) is 113 cm³/mol. The lowest BCUT2D eigenvalue weighted by atomic mass is 10.1. The number of aromatic nitrogens is 5. The van der Waals surface area contributed by atoms with Crippen LogP contribution in [0.2, 0.25) is 5.02 Å². The molecule has 0 radical (unpaired) electrons. The maximum Gasteiger partial charge on any atom is 0.433 e. The average molecular weight is 460 g/mol. The minimum atomic E-state index is -4.50. The van der Waals surface area contributed by atoms with Crippen molar-refractivity contribution in [3.05, 3.63) is 64.3 Å². The summed E-state index contributed by atoms with van der Waals surface area (Å²) in [5, 5.41) is 5.92. The van der Waals surface area contributed by atoms with Gasteiger partial charge in [0.25, 0.3) is 0 Å². The maximum absolute atomic E-state index is 13.2. The third-order valence-corrected chi connectivity index (χ3v) is 7.01. The number of rotatable bonds is 2. The fraction of sp³-hybridized carbons (Fsp3) is 0.238. The van der Waals surface area contributed by atoms with Gasteiger partial charge in [0.15, 0.2) is 11.5 Å². The summed E-state index contributed by atoms with van der Waals surface area (Å²) in [5.41, 5.74) is 1.99. The van der Waals surface area contributed by atoms with Crippen LogP contribution in [0.25, 0.3) is 26.1 Å². The van der Waals surface area contributed by atoms with Crippen LogP contribution in [0.3, 0.4) is 0 Å². The van der Waals surface area contributed by atoms with Gasteiger partial charge < -0.3 is 0 Å². The highest BCUT2D eigenvalue weighted by Gasteiger charge is 2.42. The summed E-state index contributed by atoms with van der Waals surface area (Å²) in [4.78, 5) is 13.4. The Bertz CT molecular complexity index is 1490. The van der Waals surface area contributed by atoms with Crippen molar-refractivity contribution in [1.82, 2.24) is 24.6 Å². The fourth-order valence-corrected chi connectivity index (χ4v) is 5.39. The molecule has 4 aromatic heterocycles. The van der Waals surface area contributed by atoms with Crippen molar-refractivity contribution in [2.24, 2.45) is 0 Å². The Balaban J connectivity index is 1.46. The van der Waals surface area contributed by atoms with Gasteiger partial charge in [0, 0.05) is 16.3 Å². The van der Waals surface area contributed by atoms with Crippen LogP contribution in [0, 0.1) is 6.92 Å². The molecule has 0 bridgehead atoms. The number of fused-ring (bicyclic) bond motifs is 5. The van der Waals surface area contributed by atoms with Crippen LogP contribution in [0.1, 0.15) is 40.9 Å². The predicted octanol–water partition coefficient (Wildman–Crippen LogP) is 6.14. The van der Waals surface area contributed by atoms with E-state index in [-0.39, 0.29) is 5.92 Å². The van der Waals surface area contributed by atoms with Gasteiger partial charge in [-0.15, -0.1) is 16.4 Å². The molecule has 2 atom stereocenters. The van der Waals surface area contributed by atoms with Crippen LogP contribution in [-0.4, -0.2) is 24.6 Å². The van der Waals surface area contributed by atoms with Gasteiger partial charge in [-0.25, -0.2) is 19.5 Å². The number of hydrogen-bond donors (Lipinski definition) is 0. The summed E-state index contributed by atoms with van der Waals surface area (Å²) in [6, 6.07) is 8.84. The molecule has 10 heteroatoms. The van der Waals surface area contributed by atoms with Crippen molar-refractivity contribution in [2.75, 3.05) is 0 Å². The van der Waals surface area contributed by atoms with Crippen LogP contribution in [0.5, 0.6) is 0 Å². The van der Waals surface area contributed by atoms with E-state index in [0.717, 1.165) is 12.5 Å². The number of hydrogen-bond acceptors (Lipinski definition) is 5. The van der Waals surface area contributed by atoms with Crippen LogP contribution in [-0.2, 0) is 6.18 Å². The van der Waals surface area contributed by atoms with Crippen LogP contribution in [0.15, 0.2) is 36.7 Å². The van der Waals surface area contributed by atoms with E-state index in [4.69, 9.17) is 16.6 Å². The minimum Gasteiger partial charge on any atom is -0.234 e. The Labute approximate surface area is 182 Å². The second-order valence-corrected chi connectivity index (χ2v) is 9.20. The quantitative estimate of drug-likeness (QED) is 0.318. The first-order chi connectivity index (χ1) is 14.8. The molecular weight excluding hydrogens is 447 g/mol. The van der Waals surface area contributed by atoms with E-state index in [1.54, 1.807) is 17.8 Å². The van der Waals surface area contributed by atoms with Crippen molar-refractivity contribution in [3.63, 3.8) is 0 Å². The van der Waals surface area contributed by atoms with Crippen molar-refractivity contribution >= 4 is 49.0 Å². The van der Waals surface area contributed by atoms with Gasteiger partial charge in [-0.3, -0.25) is 0 Å². The molecule has 31 heavy (non-hydrogen) atoms. The minimum absolute atomic E-state index is 0.196. The Kier molecular flexibility index (Phi) is 3.89. The highest BCUT2D eigenvalue weighted by molar-refractivity contribution is 7.26. The molecule has 5 aromatic rings. The van der Waals surface area contributed by atoms with E-state index >= 15 is 0 Å². The molecule has 2 unspecified atom stereocenters. The lowest BCUT2D eigenvalue weighted by molar-refractivity contribution is -0.141. The van der Waals surface area contributed by atoms with Gasteiger partial charge in [0.1, 0.15) is 21.6 Å². The van der Waals surface area contributed by atoms with Crippen molar-refractivity contribution in [1.29, 1.82) is 0 Å². The van der Waals surface area contributed by atoms with E-state index in [2.05, 4.69) is 15.1 Å². The highest BCUT2D eigenvalue weighted by Crippen LogP contribution is 2.54. The molecule has 1 fully saturated rings. The molecule has 5 nitrogen and oxygen atoms in total. The van der Waals surface area contributed by atoms with Gasteiger partial charge in [-0.1, -0.05) is 23.7 Å². The zero-order chi connectivity index (χ0) is 21.5. The molecule has 0 spiro atoms. The van der Waals surface area contributed by atoms with Crippen molar-refractivity contribution in [3.8, 4) is 0 Å². The Morgan fingerprint density at radius 2 is 1.90 bits per heavy atom. The Hall–Kier alpha value is -2.78. The molecule has 0 aliphatic heterocycles. The summed E-state index contributed by atoms with van der Waals surface area (Å²) in [6.45, 7) is 1.65. The Morgan fingerprint density at radius 1 is 1.13 bits per heavy atom. The number of thiophene rings is 1. The van der Waals surface area contributed by atoms with E-state index in [9.17, 15) is 13.2 Å². The summed E-state index contributed by atoms with van der Waals surface area (Å²) in [5.74, 6) is 1.24. The largest absolute Gasteiger partial charge is 0.433 e. The smallest absolute Gasteiger partial charge is 0.234 e. The number of pyridine rings is 1. The fourth-order valence-electron chi connectivity index (χ4n) is 4.09. The third kappa shape index (κ3) is 2.98. The number of aryl methyl sites for hydroxylation is 1. The van der Waals surface area contributed by atoms with E-state index in [0.29, 0.717) is 48.4 Å². The topological polar surface area (TPSA) is 56.0 Å². The van der Waals surface area contributed by atoms with Crippen LogP contribution >= 0.6 is 22.9 Å². The first-order valence-electron chi connectivity index (χ1n) is 9.57. The maximum atomic E-state index is 13.2. The second-order valence-electron chi connectivity index (χ2n) is 7.77. The Morgan fingerprint density at radius 3 is 2.65 bits per heavy atom. The molecule has 1 aliphatic rings. The SMILES string of the molecule is Cc1cc(C(F)(F)F)nc2sc3c(ncn4nc(C5CC5c5ccc(Cl)cc5)nc34)c12. The summed E-state index contributed by atoms with van der Waals surface area (Å²) < 4.78 is 41.9. The van der Waals surface area contributed by atoms with Crippen LogP contribution < -0.4 is 0 Å². The lowest BCUT2D eigenvalue weighted by Crippen LogP contribution is -2.07. The number of benzene rings is 1. The standard InChI is InChI=1S/C21H13ClF3N5S/c1-9-6-14(21(23,24)25)27-20-15(9)16-17(31-20)19-28-18(29-30(19)8-26-16)13-7-12(13)10-2-4-11(22)5-3-10/h2-6,8,12-13H,7H2,1H3. The highest BCUT2D eigenvalue weighted by atomic mass is 35.5. The molecular formula is C21H13ClF3N5S. The molecule has 0 N–H and O–H groups in total. The summed E-state index contributed by atoms with van der Waals surface area (Å²) >= 11 is 7.15. The van der Waals surface area contributed by atoms with Crippen molar-refractivity contribution in [2.45, 2.75) is 31.4 Å². The molecule has 1 saturated carbocycles. The van der Waals surface area contributed by atoms with Gasteiger partial charge in [-0.05, 0) is 48.6 Å². The van der Waals surface area contributed by atoms with E-state index in [1.807, 2.05) is 24.3 Å². The lowest BCUT2D eigenvalue weighted by Gasteiger charge is -2.06. The van der Waals surface area contributed by atoms with Gasteiger partial charge in [0.2, 0.25) is 0 Å². The molecule has 4 heterocycles. The van der Waals surface area contributed by atoms with Gasteiger partial charge in [-0.2, -0.15) is 13.2 Å². The monoisotopic (exact) mass is 459 g/mol. The molecule has 6 rings (SSSR count). The third-order valence-electron chi connectivity index (χ3n) is 5.69. The molecule has 156 valence electrons. The molecule has 1 aromatic carbocycles. The normalized spacial score (nSPS) is 19.0. The first-order valence-corrected chi connectivity index (χ1v) is 10.8. The second kappa shape index (κ2) is 6.37. The van der Waals surface area contributed by atoms with Gasteiger partial charge >= 0.3 is 6.18 Å². The zero-order valence-electron chi connectivity index (χ0n) is 16.0. The molecule has 0 saturated heterocycles. The average Bonchev–Trinajstić information content (AvgIpc) is 3.23. The van der Waals surface area contributed by atoms with Crippen LogP contribution in [0.4, 0.5) is 13.2 Å². The van der Waals surface area contributed by atoms with E-state index in [1.165, 1.54) is 16.9 Å². The summed E-state index contributed by atoms with van der Waals surface area (Å²) in [7, 11) is 0. The number of halogens is 4. The molecule has 1 aliphatic carbocycles. The summed E-state index contributed by atoms with van der Waals surface area (Å²) in [6.07, 6.45) is -1.99. The number of nitrogens with zero attached hydrogens (tertiary/aromatic N) is 5. The zero-order valence-corrected chi connectivity index (χ0v) is 17.6. The van der Waals surface area contributed by atoms with Crippen molar-refractivity contribution < 1.29 is 13.2 Å².